The Bertz CT molecular complexity index is 1180. The first-order valence-corrected chi connectivity index (χ1v) is 12.1. The van der Waals surface area contributed by atoms with Crippen LogP contribution >= 0.6 is 11.8 Å². The first-order chi connectivity index (χ1) is 16.9. The molecule has 0 aliphatic heterocycles. The van der Waals surface area contributed by atoms with Gasteiger partial charge in [-0.3, -0.25) is 9.59 Å². The normalized spacial score (nSPS) is 11.5. The summed E-state index contributed by atoms with van der Waals surface area (Å²) in [5.41, 5.74) is 0.590. The van der Waals surface area contributed by atoms with Gasteiger partial charge in [0.2, 0.25) is 5.91 Å². The smallest absolute Gasteiger partial charge is 0.254 e. The van der Waals surface area contributed by atoms with Crippen molar-refractivity contribution in [3.05, 3.63) is 78.4 Å². The number of hydrogen-bond acceptors (Lipinski definition) is 6. The van der Waals surface area contributed by atoms with Gasteiger partial charge in [-0.05, 0) is 38.1 Å². The summed E-state index contributed by atoms with van der Waals surface area (Å²) in [7, 11) is 0. The largest absolute Gasteiger partial charge is 0.492 e. The number of carbonyl (C=O) groups excluding carboxylic acids is 2. The molecule has 0 fully saturated rings. The van der Waals surface area contributed by atoms with Crippen LogP contribution in [-0.4, -0.2) is 45.0 Å². The van der Waals surface area contributed by atoms with Crippen LogP contribution in [0.1, 0.15) is 30.0 Å². The molecule has 3 rings (SSSR count). The first-order valence-electron chi connectivity index (χ1n) is 11.2. The van der Waals surface area contributed by atoms with Gasteiger partial charge in [0.25, 0.3) is 5.91 Å². The van der Waals surface area contributed by atoms with Gasteiger partial charge < -0.3 is 19.9 Å². The molecule has 1 atom stereocenters. The number of nitrogens with one attached hydrogen (secondary N) is 2. The molecule has 184 valence electrons. The van der Waals surface area contributed by atoms with E-state index in [1.807, 2.05) is 23.6 Å². The van der Waals surface area contributed by atoms with E-state index in [2.05, 4.69) is 27.4 Å². The maximum atomic E-state index is 13.8. The molecule has 0 saturated heterocycles. The van der Waals surface area contributed by atoms with Gasteiger partial charge in [-0.2, -0.15) is 0 Å². The van der Waals surface area contributed by atoms with Gasteiger partial charge in [-0.1, -0.05) is 42.1 Å². The summed E-state index contributed by atoms with van der Waals surface area (Å²) in [5.74, 6) is -0.0422. The van der Waals surface area contributed by atoms with Crippen molar-refractivity contribution in [3.63, 3.8) is 0 Å². The quantitative estimate of drug-likeness (QED) is 0.289. The minimum Gasteiger partial charge on any atom is -0.492 e. The van der Waals surface area contributed by atoms with Gasteiger partial charge in [-0.25, -0.2) is 4.39 Å². The number of anilines is 1. The van der Waals surface area contributed by atoms with Crippen molar-refractivity contribution in [2.24, 2.45) is 0 Å². The molecule has 35 heavy (non-hydrogen) atoms. The number of nitrogens with zero attached hydrogens (tertiary/aromatic N) is 3. The summed E-state index contributed by atoms with van der Waals surface area (Å²) in [5, 5.41) is 14.1. The number of benzene rings is 2. The van der Waals surface area contributed by atoms with Gasteiger partial charge in [0.05, 0.1) is 23.1 Å². The highest BCUT2D eigenvalue weighted by Crippen LogP contribution is 2.27. The Kier molecular flexibility index (Phi) is 9.42. The second-order valence-electron chi connectivity index (χ2n) is 7.46. The third kappa shape index (κ3) is 6.92. The zero-order valence-electron chi connectivity index (χ0n) is 19.7. The van der Waals surface area contributed by atoms with Crippen molar-refractivity contribution in [2.45, 2.75) is 37.2 Å². The highest BCUT2D eigenvalue weighted by molar-refractivity contribution is 8.00. The van der Waals surface area contributed by atoms with Crippen LogP contribution in [0.3, 0.4) is 0 Å². The number of thioether (sulfide) groups is 1. The lowest BCUT2D eigenvalue weighted by Gasteiger charge is -2.15. The van der Waals surface area contributed by atoms with E-state index >= 15 is 0 Å². The lowest BCUT2D eigenvalue weighted by molar-refractivity contribution is -0.115. The molecule has 10 heteroatoms. The van der Waals surface area contributed by atoms with E-state index in [1.165, 1.54) is 30.0 Å². The van der Waals surface area contributed by atoms with Crippen LogP contribution in [-0.2, 0) is 17.8 Å². The van der Waals surface area contributed by atoms with Crippen molar-refractivity contribution in [1.29, 1.82) is 0 Å². The lowest BCUT2D eigenvalue weighted by atomic mass is 10.2. The van der Waals surface area contributed by atoms with Gasteiger partial charge in [0.15, 0.2) is 5.16 Å². The van der Waals surface area contributed by atoms with Crippen molar-refractivity contribution >= 4 is 29.3 Å². The Hall–Kier alpha value is -3.66. The van der Waals surface area contributed by atoms with Crippen LogP contribution in [0.25, 0.3) is 0 Å². The van der Waals surface area contributed by atoms with Gasteiger partial charge in [-0.15, -0.1) is 16.8 Å². The van der Waals surface area contributed by atoms with Crippen molar-refractivity contribution in [1.82, 2.24) is 20.1 Å². The fourth-order valence-electron chi connectivity index (χ4n) is 3.23. The van der Waals surface area contributed by atoms with Crippen molar-refractivity contribution in [3.8, 4) is 5.75 Å². The number of hydrogen-bond donors (Lipinski definition) is 2. The molecule has 1 heterocycles. The summed E-state index contributed by atoms with van der Waals surface area (Å²) in [6.07, 6.45) is 2.09. The van der Waals surface area contributed by atoms with Crippen LogP contribution in [0.5, 0.6) is 5.75 Å². The summed E-state index contributed by atoms with van der Waals surface area (Å²) in [4.78, 5) is 25.1. The summed E-state index contributed by atoms with van der Waals surface area (Å²) in [6, 6.07) is 13.1. The summed E-state index contributed by atoms with van der Waals surface area (Å²) < 4.78 is 21.2. The number of allylic oxidation sites excluding steroid dienone is 1. The Morgan fingerprint density at radius 1 is 1.20 bits per heavy atom. The number of carbonyl (C=O) groups is 2. The van der Waals surface area contributed by atoms with Gasteiger partial charge in [0.1, 0.15) is 17.4 Å². The molecular weight excluding hydrogens is 469 g/mol. The Morgan fingerprint density at radius 3 is 2.69 bits per heavy atom. The van der Waals surface area contributed by atoms with E-state index in [-0.39, 0.29) is 18.0 Å². The molecular formula is C25H28FN5O3S. The highest BCUT2D eigenvalue weighted by atomic mass is 32.2. The molecule has 1 unspecified atom stereocenters. The molecule has 2 N–H and O–H groups in total. The van der Waals surface area contributed by atoms with Crippen LogP contribution in [0.2, 0.25) is 0 Å². The minimum absolute atomic E-state index is 0.0120. The zero-order valence-corrected chi connectivity index (χ0v) is 20.5. The van der Waals surface area contributed by atoms with Gasteiger partial charge >= 0.3 is 0 Å². The zero-order chi connectivity index (χ0) is 25.2. The minimum atomic E-state index is -0.574. The highest BCUT2D eigenvalue weighted by Gasteiger charge is 2.21. The van der Waals surface area contributed by atoms with E-state index in [0.29, 0.717) is 42.0 Å². The number of aromatic nitrogens is 3. The van der Waals surface area contributed by atoms with E-state index < -0.39 is 17.0 Å². The Morgan fingerprint density at radius 2 is 1.94 bits per heavy atom. The number of halogens is 1. The molecule has 2 aromatic carbocycles. The Balaban J connectivity index is 1.62. The maximum absolute atomic E-state index is 13.8. The van der Waals surface area contributed by atoms with Crippen LogP contribution in [0.4, 0.5) is 10.1 Å². The van der Waals surface area contributed by atoms with Crippen molar-refractivity contribution in [2.75, 3.05) is 18.5 Å². The second kappa shape index (κ2) is 12.7. The molecule has 3 aromatic rings. The molecule has 0 aliphatic rings. The molecule has 0 bridgehead atoms. The molecule has 1 aromatic heterocycles. The van der Waals surface area contributed by atoms with Crippen LogP contribution < -0.4 is 15.4 Å². The number of ether oxygens (including phenoxy) is 1. The molecule has 2 amide bonds. The van der Waals surface area contributed by atoms with E-state index in [9.17, 15) is 14.0 Å². The molecule has 0 saturated carbocycles. The van der Waals surface area contributed by atoms with E-state index in [0.717, 1.165) is 0 Å². The SMILES string of the molecule is C=CCn1c(CCNC(=O)c2ccccc2F)nnc1SC(C)C(=O)Nc1ccccc1OCC. The standard InChI is InChI=1S/C25H28FN5O3S/c1-4-16-31-22(14-15-27-24(33)18-10-6-7-11-19(18)26)29-30-25(31)35-17(3)23(32)28-20-12-8-9-13-21(20)34-5-2/h4,6-13,17H,1,5,14-16H2,2-3H3,(H,27,33)(H,28,32). The van der Waals surface area contributed by atoms with Crippen molar-refractivity contribution < 1.29 is 18.7 Å². The number of para-hydroxylation sites is 2. The van der Waals surface area contributed by atoms with Gasteiger partial charge in [0, 0.05) is 19.5 Å². The number of rotatable bonds is 12. The lowest BCUT2D eigenvalue weighted by Crippen LogP contribution is -2.27. The predicted octanol–water partition coefficient (Wildman–Crippen LogP) is 4.09. The topological polar surface area (TPSA) is 98.1 Å². The van der Waals surface area contributed by atoms with E-state index in [4.69, 9.17) is 4.74 Å². The fraction of sp³-hybridized carbons (Fsp3) is 0.280. The summed E-state index contributed by atoms with van der Waals surface area (Å²) >= 11 is 1.27. The third-order valence-corrected chi connectivity index (χ3v) is 6.03. The third-order valence-electron chi connectivity index (χ3n) is 4.95. The second-order valence-corrected chi connectivity index (χ2v) is 8.77. The van der Waals surface area contributed by atoms with E-state index in [1.54, 1.807) is 31.2 Å². The predicted molar refractivity (Wildman–Crippen MR) is 134 cm³/mol. The molecule has 0 aliphatic carbocycles. The monoisotopic (exact) mass is 497 g/mol. The number of amides is 2. The molecule has 0 radical (unpaired) electrons. The van der Waals surface area contributed by atoms with Crippen LogP contribution in [0, 0.1) is 5.82 Å². The Labute approximate surface area is 208 Å². The summed E-state index contributed by atoms with van der Waals surface area (Å²) in [6.45, 7) is 8.62. The average Bonchev–Trinajstić information content (AvgIpc) is 3.21. The van der Waals surface area contributed by atoms with Crippen LogP contribution in [0.15, 0.2) is 66.3 Å². The average molecular weight is 498 g/mol. The molecule has 0 spiro atoms. The first kappa shape index (κ1) is 26.0. The molecule has 8 nitrogen and oxygen atoms in total. The maximum Gasteiger partial charge on any atom is 0.254 e. The fourth-order valence-corrected chi connectivity index (χ4v) is 4.11.